The Balaban J connectivity index is 2.39. The van der Waals surface area contributed by atoms with Crippen molar-refractivity contribution in [2.24, 2.45) is 5.73 Å². The average Bonchev–Trinajstić information content (AvgIpc) is 2.15. The zero-order valence-electron chi connectivity index (χ0n) is 7.05. The molecule has 0 aromatic carbocycles. The van der Waals surface area contributed by atoms with Gasteiger partial charge in [0.1, 0.15) is 6.04 Å². The van der Waals surface area contributed by atoms with Crippen molar-refractivity contribution in [3.8, 4) is 0 Å². The minimum absolute atomic E-state index is 0.418. The van der Waals surface area contributed by atoms with Crippen LogP contribution in [0.15, 0.2) is 18.5 Å². The summed E-state index contributed by atoms with van der Waals surface area (Å²) in [5.74, 6) is -0.970. The number of aryl methyl sites for hydroxylation is 1. The topological polar surface area (TPSA) is 89.1 Å². The molecule has 1 atom stereocenters. The van der Waals surface area contributed by atoms with E-state index in [2.05, 4.69) is 10.2 Å². The Hall–Kier alpha value is -1.49. The molecule has 13 heavy (non-hydrogen) atoms. The Labute approximate surface area is 75.6 Å². The molecule has 70 valence electrons. The number of nitrogens with two attached hydrogens (primary N) is 1. The van der Waals surface area contributed by atoms with E-state index in [-0.39, 0.29) is 0 Å². The number of rotatable bonds is 4. The van der Waals surface area contributed by atoms with Gasteiger partial charge < -0.3 is 10.8 Å². The van der Waals surface area contributed by atoms with E-state index in [4.69, 9.17) is 10.8 Å². The van der Waals surface area contributed by atoms with Gasteiger partial charge in [-0.3, -0.25) is 4.79 Å². The number of carboxylic acids is 1. The van der Waals surface area contributed by atoms with Crippen LogP contribution in [0.1, 0.15) is 12.0 Å². The molecule has 0 saturated carbocycles. The van der Waals surface area contributed by atoms with E-state index >= 15 is 0 Å². The highest BCUT2D eigenvalue weighted by molar-refractivity contribution is 5.73. The third-order valence-corrected chi connectivity index (χ3v) is 1.71. The van der Waals surface area contributed by atoms with Gasteiger partial charge in [0.05, 0.1) is 6.20 Å². The molecule has 0 radical (unpaired) electrons. The number of nitrogens with zero attached hydrogens (tertiary/aromatic N) is 2. The van der Waals surface area contributed by atoms with E-state index in [0.29, 0.717) is 12.8 Å². The molecule has 1 aromatic rings. The lowest BCUT2D eigenvalue weighted by atomic mass is 10.1. The van der Waals surface area contributed by atoms with Gasteiger partial charge >= 0.3 is 5.97 Å². The molecular weight excluding hydrogens is 170 g/mol. The van der Waals surface area contributed by atoms with Crippen molar-refractivity contribution in [1.29, 1.82) is 0 Å². The minimum atomic E-state index is -0.970. The van der Waals surface area contributed by atoms with Crippen LogP contribution in [0, 0.1) is 0 Å². The van der Waals surface area contributed by atoms with Crippen LogP contribution >= 0.6 is 0 Å². The molecule has 0 bridgehead atoms. The largest absolute Gasteiger partial charge is 0.480 e. The number of hydrogen-bond donors (Lipinski definition) is 2. The zero-order valence-corrected chi connectivity index (χ0v) is 7.05. The highest BCUT2D eigenvalue weighted by Gasteiger charge is 2.10. The Kier molecular flexibility index (Phi) is 3.33. The quantitative estimate of drug-likeness (QED) is 0.672. The van der Waals surface area contributed by atoms with Crippen LogP contribution in [0.2, 0.25) is 0 Å². The van der Waals surface area contributed by atoms with Crippen molar-refractivity contribution in [2.45, 2.75) is 18.9 Å². The van der Waals surface area contributed by atoms with Crippen molar-refractivity contribution >= 4 is 5.97 Å². The molecule has 1 unspecified atom stereocenters. The van der Waals surface area contributed by atoms with Gasteiger partial charge in [-0.05, 0) is 24.5 Å². The van der Waals surface area contributed by atoms with Crippen LogP contribution in [0.5, 0.6) is 0 Å². The van der Waals surface area contributed by atoms with Gasteiger partial charge in [0.15, 0.2) is 0 Å². The standard InChI is InChI=1S/C8H11N3O2/c9-7(8(12)13)2-1-6-3-4-10-11-5-6/h3-5,7H,1-2,9H2,(H,12,13). The molecular formula is C8H11N3O2. The monoisotopic (exact) mass is 181 g/mol. The van der Waals surface area contributed by atoms with E-state index in [0.717, 1.165) is 5.56 Å². The molecule has 1 aromatic heterocycles. The van der Waals surface area contributed by atoms with Gasteiger partial charge in [-0.2, -0.15) is 10.2 Å². The van der Waals surface area contributed by atoms with Gasteiger partial charge in [-0.1, -0.05) is 0 Å². The second-order valence-corrected chi connectivity index (χ2v) is 2.73. The van der Waals surface area contributed by atoms with Crippen LogP contribution in [0.4, 0.5) is 0 Å². The van der Waals surface area contributed by atoms with Crippen LogP contribution in [-0.2, 0) is 11.2 Å². The molecule has 5 heteroatoms. The van der Waals surface area contributed by atoms with Crippen molar-refractivity contribution in [1.82, 2.24) is 10.2 Å². The number of aromatic nitrogens is 2. The van der Waals surface area contributed by atoms with Crippen LogP contribution in [0.25, 0.3) is 0 Å². The second-order valence-electron chi connectivity index (χ2n) is 2.73. The summed E-state index contributed by atoms with van der Waals surface area (Å²) in [4.78, 5) is 10.4. The average molecular weight is 181 g/mol. The van der Waals surface area contributed by atoms with Crippen molar-refractivity contribution in [3.63, 3.8) is 0 Å². The van der Waals surface area contributed by atoms with Crippen molar-refractivity contribution in [3.05, 3.63) is 24.0 Å². The predicted molar refractivity (Wildman–Crippen MR) is 46.0 cm³/mol. The summed E-state index contributed by atoms with van der Waals surface area (Å²) in [6, 6.07) is 0.995. The summed E-state index contributed by atoms with van der Waals surface area (Å²) in [5, 5.41) is 15.8. The molecule has 0 saturated heterocycles. The Morgan fingerprint density at radius 2 is 2.38 bits per heavy atom. The first-order valence-corrected chi connectivity index (χ1v) is 3.94. The van der Waals surface area contributed by atoms with E-state index in [1.165, 1.54) is 0 Å². The highest BCUT2D eigenvalue weighted by Crippen LogP contribution is 2.01. The predicted octanol–water partition coefficient (Wildman–Crippen LogP) is -0.179. The second kappa shape index (κ2) is 4.51. The Morgan fingerprint density at radius 3 is 2.92 bits per heavy atom. The summed E-state index contributed by atoms with van der Waals surface area (Å²) in [6.45, 7) is 0. The van der Waals surface area contributed by atoms with E-state index in [1.807, 2.05) is 0 Å². The van der Waals surface area contributed by atoms with Crippen molar-refractivity contribution < 1.29 is 9.90 Å². The molecule has 0 aliphatic rings. The molecule has 0 aliphatic heterocycles. The Bertz CT molecular complexity index is 276. The van der Waals surface area contributed by atoms with Crippen LogP contribution < -0.4 is 5.73 Å². The molecule has 0 amide bonds. The van der Waals surface area contributed by atoms with Crippen molar-refractivity contribution in [2.75, 3.05) is 0 Å². The fourth-order valence-electron chi connectivity index (χ4n) is 0.912. The third-order valence-electron chi connectivity index (χ3n) is 1.71. The molecule has 0 fully saturated rings. The van der Waals surface area contributed by atoms with Crippen LogP contribution in [-0.4, -0.2) is 27.3 Å². The summed E-state index contributed by atoms with van der Waals surface area (Å²) < 4.78 is 0. The van der Waals surface area contributed by atoms with E-state index in [9.17, 15) is 4.79 Å². The lowest BCUT2D eigenvalue weighted by molar-refractivity contribution is -0.138. The first-order valence-electron chi connectivity index (χ1n) is 3.94. The maximum Gasteiger partial charge on any atom is 0.320 e. The fourth-order valence-corrected chi connectivity index (χ4v) is 0.912. The van der Waals surface area contributed by atoms with Gasteiger partial charge in [0, 0.05) is 6.20 Å². The lowest BCUT2D eigenvalue weighted by Crippen LogP contribution is -2.30. The van der Waals surface area contributed by atoms with Crippen LogP contribution in [0.3, 0.4) is 0 Å². The van der Waals surface area contributed by atoms with E-state index in [1.54, 1.807) is 18.5 Å². The van der Waals surface area contributed by atoms with Gasteiger partial charge in [0.25, 0.3) is 0 Å². The lowest BCUT2D eigenvalue weighted by Gasteiger charge is -2.04. The summed E-state index contributed by atoms with van der Waals surface area (Å²) in [7, 11) is 0. The maximum atomic E-state index is 10.4. The smallest absolute Gasteiger partial charge is 0.320 e. The SMILES string of the molecule is NC(CCc1ccnnc1)C(=O)O. The van der Waals surface area contributed by atoms with Gasteiger partial charge in [-0.25, -0.2) is 0 Å². The molecule has 1 heterocycles. The molecule has 0 aliphatic carbocycles. The van der Waals surface area contributed by atoms with E-state index < -0.39 is 12.0 Å². The van der Waals surface area contributed by atoms with Gasteiger partial charge in [-0.15, -0.1) is 0 Å². The number of aliphatic carboxylic acids is 1. The fraction of sp³-hybridized carbons (Fsp3) is 0.375. The molecule has 1 rings (SSSR count). The first-order chi connectivity index (χ1) is 6.20. The number of hydrogen-bond acceptors (Lipinski definition) is 4. The third kappa shape index (κ3) is 3.16. The Morgan fingerprint density at radius 1 is 1.62 bits per heavy atom. The summed E-state index contributed by atoms with van der Waals surface area (Å²) >= 11 is 0. The summed E-state index contributed by atoms with van der Waals surface area (Å²) in [6.07, 6.45) is 4.21. The minimum Gasteiger partial charge on any atom is -0.480 e. The highest BCUT2D eigenvalue weighted by atomic mass is 16.4. The molecule has 5 nitrogen and oxygen atoms in total. The van der Waals surface area contributed by atoms with Gasteiger partial charge in [0.2, 0.25) is 0 Å². The number of carbonyl (C=O) groups is 1. The molecule has 3 N–H and O–H groups in total. The maximum absolute atomic E-state index is 10.4. The first kappa shape index (κ1) is 9.60. The molecule has 0 spiro atoms. The zero-order chi connectivity index (χ0) is 9.68. The normalized spacial score (nSPS) is 12.4. The number of carboxylic acid groups (broad SMARTS) is 1. The summed E-state index contributed by atoms with van der Waals surface area (Å²) in [5.41, 5.74) is 6.28.